The minimum absolute atomic E-state index is 0. The summed E-state index contributed by atoms with van der Waals surface area (Å²) in [6.07, 6.45) is 2.16. The highest BCUT2D eigenvalue weighted by Crippen LogP contribution is 2.05. The van der Waals surface area contributed by atoms with Crippen LogP contribution in [-0.4, -0.2) is 38.0 Å². The molecule has 0 aliphatic carbocycles. The summed E-state index contributed by atoms with van der Waals surface area (Å²) in [7, 11) is 0. The van der Waals surface area contributed by atoms with E-state index in [4.69, 9.17) is 0 Å². The largest absolute Gasteiger partial charge is 0.353 e. The molecule has 0 aliphatic heterocycles. The number of halogens is 1. The molecule has 0 radical (unpaired) electrons. The van der Waals surface area contributed by atoms with E-state index in [2.05, 4.69) is 22.9 Å². The van der Waals surface area contributed by atoms with Gasteiger partial charge < -0.3 is 16.0 Å². The predicted molar refractivity (Wildman–Crippen MR) is 95.9 cm³/mol. The average Bonchev–Trinajstić information content (AvgIpc) is 2.52. The highest BCUT2D eigenvalue weighted by molar-refractivity contribution is 5.85. The van der Waals surface area contributed by atoms with Gasteiger partial charge in [-0.05, 0) is 31.9 Å². The van der Waals surface area contributed by atoms with Crippen LogP contribution in [0.5, 0.6) is 0 Å². The Labute approximate surface area is 145 Å². The number of amides is 2. The molecule has 0 aromatic heterocycles. The summed E-state index contributed by atoms with van der Waals surface area (Å²) in [6.45, 7) is 6.45. The van der Waals surface area contributed by atoms with Crippen molar-refractivity contribution in [3.63, 3.8) is 0 Å². The molecule has 0 bridgehead atoms. The predicted octanol–water partition coefficient (Wildman–Crippen LogP) is 1.58. The number of hydrogen-bond acceptors (Lipinski definition) is 3. The first-order valence-electron chi connectivity index (χ1n) is 7.91. The van der Waals surface area contributed by atoms with Crippen molar-refractivity contribution in [3.05, 3.63) is 35.4 Å². The molecular weight excluding hydrogens is 314 g/mol. The fraction of sp³-hybridized carbons (Fsp3) is 0.529. The molecule has 0 fully saturated rings. The molecule has 0 spiro atoms. The van der Waals surface area contributed by atoms with Crippen LogP contribution in [0.2, 0.25) is 0 Å². The van der Waals surface area contributed by atoms with E-state index < -0.39 is 0 Å². The second kappa shape index (κ2) is 12.9. The summed E-state index contributed by atoms with van der Waals surface area (Å²) in [6, 6.07) is 8.12. The van der Waals surface area contributed by atoms with E-state index in [0.717, 1.165) is 25.1 Å². The van der Waals surface area contributed by atoms with Crippen molar-refractivity contribution in [2.75, 3.05) is 26.2 Å². The lowest BCUT2D eigenvalue weighted by Gasteiger charge is -2.08. The lowest BCUT2D eigenvalue weighted by molar-refractivity contribution is -0.126. The van der Waals surface area contributed by atoms with Crippen LogP contribution in [0.15, 0.2) is 24.3 Å². The molecule has 1 rings (SSSR count). The monoisotopic (exact) mass is 341 g/mol. The van der Waals surface area contributed by atoms with Crippen LogP contribution in [0.3, 0.4) is 0 Å². The molecule has 1 aromatic rings. The summed E-state index contributed by atoms with van der Waals surface area (Å²) in [4.78, 5) is 23.2. The minimum atomic E-state index is -0.151. The molecule has 0 unspecified atom stereocenters. The van der Waals surface area contributed by atoms with Gasteiger partial charge in [-0.25, -0.2) is 0 Å². The Morgan fingerprint density at radius 1 is 0.957 bits per heavy atom. The number of benzene rings is 1. The van der Waals surface area contributed by atoms with Crippen LogP contribution in [0.25, 0.3) is 0 Å². The molecule has 23 heavy (non-hydrogen) atoms. The van der Waals surface area contributed by atoms with Gasteiger partial charge in [-0.2, -0.15) is 0 Å². The van der Waals surface area contributed by atoms with Gasteiger partial charge in [0.2, 0.25) is 11.8 Å². The molecule has 0 heterocycles. The van der Waals surface area contributed by atoms with E-state index in [0.29, 0.717) is 19.4 Å². The number of rotatable bonds is 10. The topological polar surface area (TPSA) is 70.2 Å². The van der Waals surface area contributed by atoms with Gasteiger partial charge in [0.1, 0.15) is 0 Å². The van der Waals surface area contributed by atoms with Crippen LogP contribution >= 0.6 is 12.4 Å². The number of hydrogen-bond donors (Lipinski definition) is 3. The quantitative estimate of drug-likeness (QED) is 0.566. The second-order valence-corrected chi connectivity index (χ2v) is 5.36. The summed E-state index contributed by atoms with van der Waals surface area (Å²) >= 11 is 0. The maximum Gasteiger partial charge on any atom is 0.239 e. The fourth-order valence-electron chi connectivity index (χ4n) is 1.93. The van der Waals surface area contributed by atoms with E-state index in [1.54, 1.807) is 0 Å². The molecule has 1 aromatic carbocycles. The number of carbonyl (C=O) groups excluding carboxylic acids is 2. The van der Waals surface area contributed by atoms with Crippen LogP contribution in [0, 0.1) is 6.92 Å². The van der Waals surface area contributed by atoms with Crippen LogP contribution in [-0.2, 0) is 16.0 Å². The van der Waals surface area contributed by atoms with Gasteiger partial charge in [-0.15, -0.1) is 12.4 Å². The second-order valence-electron chi connectivity index (χ2n) is 5.36. The Morgan fingerprint density at radius 3 is 2.30 bits per heavy atom. The van der Waals surface area contributed by atoms with E-state index in [-0.39, 0.29) is 30.8 Å². The lowest BCUT2D eigenvalue weighted by atomic mass is 10.1. The van der Waals surface area contributed by atoms with Crippen molar-refractivity contribution in [2.45, 2.75) is 33.1 Å². The van der Waals surface area contributed by atoms with E-state index in [9.17, 15) is 9.59 Å². The highest BCUT2D eigenvalue weighted by Gasteiger charge is 2.05. The zero-order valence-electron chi connectivity index (χ0n) is 14.0. The first kappa shape index (κ1) is 21.4. The molecule has 6 heteroatoms. The Bertz CT molecular complexity index is 463. The average molecular weight is 342 g/mol. The Balaban J connectivity index is 0.00000484. The van der Waals surface area contributed by atoms with Gasteiger partial charge in [0.05, 0.1) is 6.54 Å². The number of nitrogens with one attached hydrogen (secondary N) is 3. The van der Waals surface area contributed by atoms with Crippen molar-refractivity contribution in [3.8, 4) is 0 Å². The van der Waals surface area contributed by atoms with E-state index in [1.165, 1.54) is 5.56 Å². The van der Waals surface area contributed by atoms with Gasteiger partial charge in [-0.1, -0.05) is 36.8 Å². The van der Waals surface area contributed by atoms with Crippen molar-refractivity contribution in [1.29, 1.82) is 0 Å². The smallest absolute Gasteiger partial charge is 0.239 e. The van der Waals surface area contributed by atoms with Gasteiger partial charge >= 0.3 is 0 Å². The SMILES string of the molecule is CCCNCCNC(=O)CNC(=O)CCc1ccc(C)cc1.Cl. The van der Waals surface area contributed by atoms with Crippen molar-refractivity contribution >= 4 is 24.2 Å². The molecule has 0 aliphatic rings. The van der Waals surface area contributed by atoms with E-state index >= 15 is 0 Å². The molecule has 130 valence electrons. The summed E-state index contributed by atoms with van der Waals surface area (Å²) in [5.41, 5.74) is 2.34. The summed E-state index contributed by atoms with van der Waals surface area (Å²) in [5, 5.41) is 8.60. The molecule has 3 N–H and O–H groups in total. The third-order valence-corrected chi connectivity index (χ3v) is 3.26. The molecular formula is C17H28ClN3O2. The molecule has 0 saturated carbocycles. The normalized spacial score (nSPS) is 9.83. The molecule has 2 amide bonds. The van der Waals surface area contributed by atoms with Gasteiger partial charge in [0.15, 0.2) is 0 Å². The maximum atomic E-state index is 11.7. The standard InChI is InChI=1S/C17H27N3O2.ClH/c1-3-10-18-11-12-19-17(22)13-20-16(21)9-8-15-6-4-14(2)5-7-15;/h4-7,18H,3,8-13H2,1-2H3,(H,19,22)(H,20,21);1H. The molecule has 0 atom stereocenters. The third kappa shape index (κ3) is 10.7. The Kier molecular flexibility index (Phi) is 12.0. The van der Waals surface area contributed by atoms with Crippen molar-refractivity contribution < 1.29 is 9.59 Å². The highest BCUT2D eigenvalue weighted by atomic mass is 35.5. The van der Waals surface area contributed by atoms with Crippen molar-refractivity contribution in [2.24, 2.45) is 0 Å². The van der Waals surface area contributed by atoms with Crippen molar-refractivity contribution in [1.82, 2.24) is 16.0 Å². The van der Waals surface area contributed by atoms with E-state index in [1.807, 2.05) is 31.2 Å². The van der Waals surface area contributed by atoms with Crippen LogP contribution in [0.4, 0.5) is 0 Å². The Hall–Kier alpha value is -1.59. The first-order valence-corrected chi connectivity index (χ1v) is 7.91. The zero-order chi connectivity index (χ0) is 16.2. The number of aryl methyl sites for hydroxylation is 2. The van der Waals surface area contributed by atoms with Gasteiger partial charge in [-0.3, -0.25) is 9.59 Å². The molecule has 0 saturated heterocycles. The summed E-state index contributed by atoms with van der Waals surface area (Å²) < 4.78 is 0. The minimum Gasteiger partial charge on any atom is -0.353 e. The maximum absolute atomic E-state index is 11.7. The van der Waals surface area contributed by atoms with Gasteiger partial charge in [0, 0.05) is 19.5 Å². The fourth-order valence-corrected chi connectivity index (χ4v) is 1.93. The lowest BCUT2D eigenvalue weighted by Crippen LogP contribution is -2.39. The van der Waals surface area contributed by atoms with Gasteiger partial charge in [0.25, 0.3) is 0 Å². The first-order chi connectivity index (χ1) is 10.6. The number of carbonyl (C=O) groups is 2. The third-order valence-electron chi connectivity index (χ3n) is 3.26. The Morgan fingerprint density at radius 2 is 1.65 bits per heavy atom. The molecule has 5 nitrogen and oxygen atoms in total. The zero-order valence-corrected chi connectivity index (χ0v) is 14.8. The van der Waals surface area contributed by atoms with Crippen LogP contribution in [0.1, 0.15) is 30.9 Å². The van der Waals surface area contributed by atoms with Crippen LogP contribution < -0.4 is 16.0 Å². The summed E-state index contributed by atoms with van der Waals surface area (Å²) in [5.74, 6) is -0.248.